The van der Waals surface area contributed by atoms with Crippen molar-refractivity contribution in [2.75, 3.05) is 6.54 Å². The molecule has 13 heavy (non-hydrogen) atoms. The second kappa shape index (κ2) is 5.11. The van der Waals surface area contributed by atoms with Crippen molar-refractivity contribution in [1.82, 2.24) is 5.32 Å². The molecule has 0 aliphatic carbocycles. The predicted molar refractivity (Wildman–Crippen MR) is 46.5 cm³/mol. The van der Waals surface area contributed by atoms with Crippen LogP contribution in [0.2, 0.25) is 0 Å². The Kier molecular flexibility index (Phi) is 4.83. The lowest BCUT2D eigenvalue weighted by Crippen LogP contribution is -2.46. The highest BCUT2D eigenvalue weighted by molar-refractivity contribution is 5.81. The molecule has 0 bridgehead atoms. The highest BCUT2D eigenvalue weighted by Gasteiger charge is 2.36. The summed E-state index contributed by atoms with van der Waals surface area (Å²) in [7, 11) is 0. The van der Waals surface area contributed by atoms with Crippen LogP contribution in [0, 0.1) is 0 Å². The topological polar surface area (TPSA) is 55.1 Å². The molecule has 0 fully saturated rings. The van der Waals surface area contributed by atoms with Gasteiger partial charge >= 0.3 is 5.92 Å². The molecule has 0 aromatic rings. The first-order valence-electron chi connectivity index (χ1n) is 4.35. The number of nitrogens with one attached hydrogen (secondary N) is 1. The molecule has 0 aliphatic rings. The van der Waals surface area contributed by atoms with E-state index in [0.29, 0.717) is 0 Å². The number of alkyl halides is 2. The van der Waals surface area contributed by atoms with Crippen molar-refractivity contribution in [2.24, 2.45) is 5.73 Å². The zero-order valence-corrected chi connectivity index (χ0v) is 7.94. The van der Waals surface area contributed by atoms with E-state index in [1.807, 2.05) is 13.8 Å². The van der Waals surface area contributed by atoms with Crippen LogP contribution in [-0.4, -0.2) is 24.4 Å². The number of halogens is 2. The van der Waals surface area contributed by atoms with Gasteiger partial charge in [0.15, 0.2) is 0 Å². The van der Waals surface area contributed by atoms with Crippen LogP contribution in [0.4, 0.5) is 8.78 Å². The van der Waals surface area contributed by atoms with E-state index < -0.39 is 18.4 Å². The van der Waals surface area contributed by atoms with E-state index in [9.17, 15) is 13.6 Å². The van der Waals surface area contributed by atoms with Crippen LogP contribution in [0.25, 0.3) is 0 Å². The van der Waals surface area contributed by atoms with Crippen LogP contribution in [0.5, 0.6) is 0 Å². The Balaban J connectivity index is 3.92. The van der Waals surface area contributed by atoms with Crippen molar-refractivity contribution in [2.45, 2.75) is 38.7 Å². The van der Waals surface area contributed by atoms with E-state index in [2.05, 4.69) is 11.1 Å². The fraction of sp³-hybridized carbons (Fsp3) is 0.875. The van der Waals surface area contributed by atoms with E-state index in [4.69, 9.17) is 0 Å². The minimum atomic E-state index is -3.44. The minimum absolute atomic E-state index is 0.0187. The van der Waals surface area contributed by atoms with Gasteiger partial charge in [-0.25, -0.2) is 0 Å². The summed E-state index contributed by atoms with van der Waals surface area (Å²) in [6.45, 7) is 3.11. The van der Waals surface area contributed by atoms with Crippen LogP contribution in [-0.2, 0) is 4.79 Å². The SMILES string of the molecule is CCC(CC)NCC(F)(F)C(N)=O. The first-order chi connectivity index (χ1) is 5.94. The maximum atomic E-state index is 12.6. The molecule has 0 spiro atoms. The number of amides is 1. The Morgan fingerprint density at radius 3 is 2.23 bits per heavy atom. The molecule has 0 aromatic carbocycles. The average Bonchev–Trinajstić information content (AvgIpc) is 2.06. The normalized spacial score (nSPS) is 12.1. The predicted octanol–water partition coefficient (Wildman–Crippen LogP) is 0.885. The molecular formula is C8H16F2N2O. The van der Waals surface area contributed by atoms with Crippen molar-refractivity contribution in [3.8, 4) is 0 Å². The summed E-state index contributed by atoms with van der Waals surface area (Å²) >= 11 is 0. The van der Waals surface area contributed by atoms with Gasteiger partial charge in [0.05, 0.1) is 6.54 Å². The van der Waals surface area contributed by atoms with Crippen molar-refractivity contribution in [1.29, 1.82) is 0 Å². The maximum absolute atomic E-state index is 12.6. The van der Waals surface area contributed by atoms with Crippen LogP contribution in [0.1, 0.15) is 26.7 Å². The molecule has 3 N–H and O–H groups in total. The molecule has 78 valence electrons. The van der Waals surface area contributed by atoms with Gasteiger partial charge in [-0.3, -0.25) is 4.79 Å². The Morgan fingerprint density at radius 1 is 1.46 bits per heavy atom. The largest absolute Gasteiger partial charge is 0.364 e. The van der Waals surface area contributed by atoms with E-state index in [1.165, 1.54) is 0 Å². The van der Waals surface area contributed by atoms with Gasteiger partial charge in [0.1, 0.15) is 0 Å². The lowest BCUT2D eigenvalue weighted by molar-refractivity contribution is -0.141. The number of rotatable bonds is 6. The van der Waals surface area contributed by atoms with Gasteiger partial charge in [-0.1, -0.05) is 13.8 Å². The lowest BCUT2D eigenvalue weighted by Gasteiger charge is -2.18. The number of hydrogen-bond acceptors (Lipinski definition) is 2. The molecule has 0 aromatic heterocycles. The number of hydrogen-bond donors (Lipinski definition) is 2. The molecule has 0 saturated carbocycles. The number of carbonyl (C=O) groups excluding carboxylic acids is 1. The first kappa shape index (κ1) is 12.3. The zero-order chi connectivity index (χ0) is 10.5. The molecular weight excluding hydrogens is 178 g/mol. The van der Waals surface area contributed by atoms with Crippen molar-refractivity contribution < 1.29 is 13.6 Å². The summed E-state index contributed by atoms with van der Waals surface area (Å²) in [5.74, 6) is -5.02. The van der Waals surface area contributed by atoms with Gasteiger partial charge in [0.2, 0.25) is 0 Å². The number of primary amides is 1. The van der Waals surface area contributed by atoms with E-state index in [-0.39, 0.29) is 6.04 Å². The van der Waals surface area contributed by atoms with Gasteiger partial charge in [-0.05, 0) is 12.8 Å². The first-order valence-corrected chi connectivity index (χ1v) is 4.35. The second-order valence-corrected chi connectivity index (χ2v) is 2.96. The lowest BCUT2D eigenvalue weighted by atomic mass is 10.1. The Bertz CT molecular complexity index is 170. The van der Waals surface area contributed by atoms with E-state index in [1.54, 1.807) is 0 Å². The summed E-state index contributed by atoms with van der Waals surface area (Å²) in [5, 5.41) is 2.59. The summed E-state index contributed by atoms with van der Waals surface area (Å²) in [6.07, 6.45) is 1.51. The van der Waals surface area contributed by atoms with Gasteiger partial charge in [-0.15, -0.1) is 0 Å². The molecule has 0 saturated heterocycles. The fourth-order valence-corrected chi connectivity index (χ4v) is 0.937. The van der Waals surface area contributed by atoms with Crippen molar-refractivity contribution >= 4 is 5.91 Å². The average molecular weight is 194 g/mol. The Morgan fingerprint density at radius 2 is 1.92 bits per heavy atom. The second-order valence-electron chi connectivity index (χ2n) is 2.96. The quantitative estimate of drug-likeness (QED) is 0.659. The summed E-state index contributed by atoms with van der Waals surface area (Å²) in [4.78, 5) is 10.2. The molecule has 3 nitrogen and oxygen atoms in total. The van der Waals surface area contributed by atoms with Crippen molar-refractivity contribution in [3.05, 3.63) is 0 Å². The molecule has 0 rings (SSSR count). The molecule has 0 heterocycles. The summed E-state index contributed by atoms with van der Waals surface area (Å²) in [5.41, 5.74) is 4.51. The van der Waals surface area contributed by atoms with Crippen LogP contribution in [0.3, 0.4) is 0 Å². The minimum Gasteiger partial charge on any atom is -0.364 e. The molecule has 0 aliphatic heterocycles. The van der Waals surface area contributed by atoms with E-state index in [0.717, 1.165) is 12.8 Å². The monoisotopic (exact) mass is 194 g/mol. The standard InChI is InChI=1S/C8H16F2N2O/c1-3-6(4-2)12-5-8(9,10)7(11)13/h6,12H,3-5H2,1-2H3,(H2,11,13). The fourth-order valence-electron chi connectivity index (χ4n) is 0.937. The third-order valence-electron chi connectivity index (χ3n) is 1.96. The molecule has 0 unspecified atom stereocenters. The van der Waals surface area contributed by atoms with Gasteiger partial charge in [0, 0.05) is 6.04 Å². The summed E-state index contributed by atoms with van der Waals surface area (Å²) in [6, 6.07) is 0.0187. The molecule has 0 atom stereocenters. The third-order valence-corrected chi connectivity index (χ3v) is 1.96. The van der Waals surface area contributed by atoms with Crippen molar-refractivity contribution in [3.63, 3.8) is 0 Å². The van der Waals surface area contributed by atoms with Crippen LogP contribution in [0.15, 0.2) is 0 Å². The van der Waals surface area contributed by atoms with Gasteiger partial charge in [-0.2, -0.15) is 8.78 Å². The smallest absolute Gasteiger partial charge is 0.336 e. The van der Waals surface area contributed by atoms with Gasteiger partial charge < -0.3 is 11.1 Å². The van der Waals surface area contributed by atoms with Gasteiger partial charge in [0.25, 0.3) is 5.91 Å². The molecule has 1 amide bonds. The number of nitrogens with two attached hydrogens (primary N) is 1. The Labute approximate surface area is 76.7 Å². The number of carbonyl (C=O) groups is 1. The van der Waals surface area contributed by atoms with Crippen LogP contribution < -0.4 is 11.1 Å². The highest BCUT2D eigenvalue weighted by Crippen LogP contribution is 2.11. The molecule has 0 radical (unpaired) electrons. The highest BCUT2D eigenvalue weighted by atomic mass is 19.3. The van der Waals surface area contributed by atoms with Crippen LogP contribution >= 0.6 is 0 Å². The molecule has 5 heteroatoms. The Hall–Kier alpha value is -0.710. The zero-order valence-electron chi connectivity index (χ0n) is 7.94. The summed E-state index contributed by atoms with van der Waals surface area (Å²) < 4.78 is 25.3. The van der Waals surface area contributed by atoms with E-state index >= 15 is 0 Å². The third kappa shape index (κ3) is 4.17. The maximum Gasteiger partial charge on any atom is 0.336 e.